The molecule has 108 valence electrons. The lowest BCUT2D eigenvalue weighted by molar-refractivity contribution is -0.122. The number of carbonyl (C=O) groups is 3. The van der Waals surface area contributed by atoms with E-state index in [1.165, 1.54) is 12.1 Å². The van der Waals surface area contributed by atoms with Crippen LogP contribution in [0.2, 0.25) is 0 Å². The van der Waals surface area contributed by atoms with Gasteiger partial charge < -0.3 is 15.2 Å². The molecule has 0 bridgehead atoms. The maximum atomic E-state index is 11.4. The highest BCUT2D eigenvalue weighted by molar-refractivity contribution is 14.1. The van der Waals surface area contributed by atoms with Gasteiger partial charge in [-0.3, -0.25) is 10.1 Å². The normalized spacial score (nSPS) is 9.70. The minimum absolute atomic E-state index is 0.0598. The first-order valence-corrected chi connectivity index (χ1v) is 6.75. The molecule has 0 aliphatic carbocycles. The van der Waals surface area contributed by atoms with Gasteiger partial charge in [-0.2, -0.15) is 0 Å². The topological polar surface area (TPSA) is 105 Å². The molecule has 20 heavy (non-hydrogen) atoms. The molecule has 0 radical (unpaired) electrons. The Kier molecular flexibility index (Phi) is 6.22. The van der Waals surface area contributed by atoms with Crippen molar-refractivity contribution in [2.75, 3.05) is 13.2 Å². The third-order valence-electron chi connectivity index (χ3n) is 2.13. The van der Waals surface area contributed by atoms with Crippen LogP contribution in [0, 0.1) is 3.57 Å². The van der Waals surface area contributed by atoms with E-state index in [-0.39, 0.29) is 17.9 Å². The number of carboxylic acid groups (broad SMARTS) is 1. The van der Waals surface area contributed by atoms with E-state index in [2.05, 4.69) is 10.6 Å². The van der Waals surface area contributed by atoms with Crippen molar-refractivity contribution < 1.29 is 24.2 Å². The molecule has 0 fully saturated rings. The molecule has 1 aromatic carbocycles. The van der Waals surface area contributed by atoms with Gasteiger partial charge >= 0.3 is 12.0 Å². The van der Waals surface area contributed by atoms with Gasteiger partial charge in [-0.1, -0.05) is 0 Å². The smallest absolute Gasteiger partial charge is 0.335 e. The summed E-state index contributed by atoms with van der Waals surface area (Å²) in [7, 11) is 0. The lowest BCUT2D eigenvalue weighted by Crippen LogP contribution is -2.41. The van der Waals surface area contributed by atoms with Crippen molar-refractivity contribution in [2.45, 2.75) is 6.92 Å². The van der Waals surface area contributed by atoms with Crippen LogP contribution in [0.1, 0.15) is 17.3 Å². The van der Waals surface area contributed by atoms with Crippen LogP contribution in [0.5, 0.6) is 5.75 Å². The Morgan fingerprint density at radius 2 is 2.05 bits per heavy atom. The quantitative estimate of drug-likeness (QED) is 0.654. The van der Waals surface area contributed by atoms with Crippen LogP contribution >= 0.6 is 22.6 Å². The van der Waals surface area contributed by atoms with Crippen molar-refractivity contribution in [1.29, 1.82) is 0 Å². The molecule has 1 aromatic rings. The highest BCUT2D eigenvalue weighted by Crippen LogP contribution is 2.22. The molecule has 0 spiro atoms. The zero-order valence-corrected chi connectivity index (χ0v) is 12.8. The summed E-state index contributed by atoms with van der Waals surface area (Å²) >= 11 is 1.96. The summed E-state index contributed by atoms with van der Waals surface area (Å²) in [5.41, 5.74) is 0.0598. The number of imide groups is 1. The largest absolute Gasteiger partial charge is 0.483 e. The summed E-state index contributed by atoms with van der Waals surface area (Å²) in [5.74, 6) is -1.43. The standard InChI is InChI=1S/C12H13IN2O5/c1-2-14-12(19)15-10(16)6-20-9-5-7(11(17)18)3-4-8(9)13/h3-5H,2,6H2,1H3,(H,17,18)(H2,14,15,16,19). The molecule has 0 aliphatic rings. The molecule has 0 heterocycles. The fourth-order valence-electron chi connectivity index (χ4n) is 1.26. The van der Waals surface area contributed by atoms with Crippen molar-refractivity contribution in [3.8, 4) is 5.75 Å². The number of rotatable bonds is 5. The Morgan fingerprint density at radius 3 is 2.65 bits per heavy atom. The van der Waals surface area contributed by atoms with Gasteiger partial charge in [0.15, 0.2) is 6.61 Å². The zero-order valence-electron chi connectivity index (χ0n) is 10.6. The third kappa shape index (κ3) is 5.03. The van der Waals surface area contributed by atoms with E-state index in [1.807, 2.05) is 22.6 Å². The highest BCUT2D eigenvalue weighted by atomic mass is 127. The maximum Gasteiger partial charge on any atom is 0.335 e. The number of amides is 3. The first-order valence-electron chi connectivity index (χ1n) is 5.67. The second-order valence-electron chi connectivity index (χ2n) is 3.65. The van der Waals surface area contributed by atoms with E-state index in [4.69, 9.17) is 9.84 Å². The lowest BCUT2D eigenvalue weighted by atomic mass is 10.2. The van der Waals surface area contributed by atoms with Crippen LogP contribution in [0.3, 0.4) is 0 Å². The molecule has 0 saturated carbocycles. The Hall–Kier alpha value is -1.84. The van der Waals surface area contributed by atoms with E-state index in [0.717, 1.165) is 0 Å². The molecule has 7 nitrogen and oxygen atoms in total. The van der Waals surface area contributed by atoms with Crippen LogP contribution in [0.4, 0.5) is 4.79 Å². The van der Waals surface area contributed by atoms with E-state index < -0.39 is 17.9 Å². The van der Waals surface area contributed by atoms with Crippen molar-refractivity contribution >= 4 is 40.5 Å². The number of benzene rings is 1. The number of ether oxygens (including phenoxy) is 1. The van der Waals surface area contributed by atoms with E-state index in [1.54, 1.807) is 13.0 Å². The van der Waals surface area contributed by atoms with E-state index >= 15 is 0 Å². The number of aromatic carboxylic acids is 1. The average molecular weight is 392 g/mol. The number of hydrogen-bond donors (Lipinski definition) is 3. The third-order valence-corrected chi connectivity index (χ3v) is 3.02. The predicted molar refractivity (Wildman–Crippen MR) is 78.8 cm³/mol. The number of carboxylic acids is 1. The highest BCUT2D eigenvalue weighted by Gasteiger charge is 2.11. The lowest BCUT2D eigenvalue weighted by Gasteiger charge is -2.09. The molecule has 8 heteroatoms. The van der Waals surface area contributed by atoms with Gasteiger partial charge in [0, 0.05) is 6.54 Å². The maximum absolute atomic E-state index is 11.4. The summed E-state index contributed by atoms with van der Waals surface area (Å²) in [4.78, 5) is 33.3. The Bertz CT molecular complexity index is 533. The molecular formula is C12H13IN2O5. The molecule has 0 aromatic heterocycles. The minimum Gasteiger partial charge on any atom is -0.483 e. The Balaban J connectivity index is 2.61. The summed E-state index contributed by atoms with van der Waals surface area (Å²) in [6.45, 7) is 1.75. The zero-order chi connectivity index (χ0) is 15.1. The molecule has 1 rings (SSSR count). The van der Waals surface area contributed by atoms with Gasteiger partial charge in [0.2, 0.25) is 0 Å². The van der Waals surface area contributed by atoms with E-state index in [0.29, 0.717) is 10.1 Å². The van der Waals surface area contributed by atoms with Gasteiger partial charge in [-0.15, -0.1) is 0 Å². The number of halogens is 1. The van der Waals surface area contributed by atoms with Crippen molar-refractivity contribution in [1.82, 2.24) is 10.6 Å². The van der Waals surface area contributed by atoms with Crippen molar-refractivity contribution in [2.24, 2.45) is 0 Å². The number of carbonyl (C=O) groups excluding carboxylic acids is 2. The molecule has 0 saturated heterocycles. The molecule has 0 aliphatic heterocycles. The predicted octanol–water partition coefficient (Wildman–Crippen LogP) is 1.21. The molecule has 3 amide bonds. The monoisotopic (exact) mass is 392 g/mol. The second kappa shape index (κ2) is 7.68. The summed E-state index contributed by atoms with van der Waals surface area (Å²) in [5, 5.41) is 13.3. The molecular weight excluding hydrogens is 379 g/mol. The van der Waals surface area contributed by atoms with Gasteiger partial charge in [0.05, 0.1) is 9.13 Å². The molecule has 0 atom stereocenters. The van der Waals surface area contributed by atoms with Crippen LogP contribution in [0.15, 0.2) is 18.2 Å². The first-order chi connectivity index (χ1) is 9.43. The fourth-order valence-corrected chi connectivity index (χ4v) is 1.75. The first kappa shape index (κ1) is 16.2. The minimum atomic E-state index is -1.09. The average Bonchev–Trinajstić information content (AvgIpc) is 2.37. The fraction of sp³-hybridized carbons (Fsp3) is 0.250. The summed E-state index contributed by atoms with van der Waals surface area (Å²) < 4.78 is 5.87. The van der Waals surface area contributed by atoms with Crippen molar-refractivity contribution in [3.63, 3.8) is 0 Å². The van der Waals surface area contributed by atoms with Gasteiger partial charge in [-0.25, -0.2) is 9.59 Å². The van der Waals surface area contributed by atoms with Gasteiger partial charge in [0.1, 0.15) is 5.75 Å². The Morgan fingerprint density at radius 1 is 1.35 bits per heavy atom. The molecule has 3 N–H and O–H groups in total. The number of hydrogen-bond acceptors (Lipinski definition) is 4. The Labute approximate surface area is 128 Å². The van der Waals surface area contributed by atoms with E-state index in [9.17, 15) is 14.4 Å². The summed E-state index contributed by atoms with van der Waals surface area (Å²) in [6.07, 6.45) is 0. The SMILES string of the molecule is CCNC(=O)NC(=O)COc1cc(C(=O)O)ccc1I. The van der Waals surface area contributed by atoms with Crippen molar-refractivity contribution in [3.05, 3.63) is 27.3 Å². The molecule has 0 unspecified atom stereocenters. The van der Waals surface area contributed by atoms with Crippen LogP contribution in [-0.4, -0.2) is 36.2 Å². The number of urea groups is 1. The van der Waals surface area contributed by atoms with Gasteiger partial charge in [-0.05, 0) is 47.7 Å². The van der Waals surface area contributed by atoms with Gasteiger partial charge in [0.25, 0.3) is 5.91 Å². The van der Waals surface area contributed by atoms with Crippen LogP contribution < -0.4 is 15.4 Å². The summed E-state index contributed by atoms with van der Waals surface area (Å²) in [6, 6.07) is 3.73. The van der Waals surface area contributed by atoms with Crippen LogP contribution in [-0.2, 0) is 4.79 Å². The number of nitrogens with one attached hydrogen (secondary N) is 2. The van der Waals surface area contributed by atoms with Crippen LogP contribution in [0.25, 0.3) is 0 Å². The second-order valence-corrected chi connectivity index (χ2v) is 4.81.